The third kappa shape index (κ3) is 3.06. The van der Waals surface area contributed by atoms with Crippen molar-refractivity contribution in [2.45, 2.75) is 13.0 Å². The van der Waals surface area contributed by atoms with Gasteiger partial charge in [0.1, 0.15) is 0 Å². The molecule has 1 atom stereocenters. The van der Waals surface area contributed by atoms with Crippen LogP contribution >= 0.6 is 23.2 Å². The summed E-state index contributed by atoms with van der Waals surface area (Å²) >= 11 is 12.0. The maximum atomic E-state index is 11.5. The molecule has 0 aromatic heterocycles. The van der Waals surface area contributed by atoms with Gasteiger partial charge in [0.15, 0.2) is 6.04 Å². The van der Waals surface area contributed by atoms with Crippen LogP contribution in [0, 0.1) is 6.92 Å². The number of benzene rings is 2. The molecule has 0 bridgehead atoms. The predicted octanol–water partition coefficient (Wildman–Crippen LogP) is 4.54. The summed E-state index contributed by atoms with van der Waals surface area (Å²) in [4.78, 5) is 11.5. The lowest BCUT2D eigenvalue weighted by Gasteiger charge is -2.19. The van der Waals surface area contributed by atoms with E-state index in [9.17, 15) is 9.90 Å². The lowest BCUT2D eigenvalue weighted by Crippen LogP contribution is -2.21. The number of hydrogen-bond donors (Lipinski definition) is 2. The van der Waals surface area contributed by atoms with Gasteiger partial charge >= 0.3 is 5.97 Å². The molecule has 5 heteroatoms. The van der Waals surface area contributed by atoms with E-state index in [0.717, 1.165) is 11.3 Å². The molecule has 0 radical (unpaired) electrons. The fraction of sp³-hybridized carbons (Fsp3) is 0.133. The van der Waals surface area contributed by atoms with E-state index in [1.165, 1.54) is 0 Å². The molecule has 0 aliphatic heterocycles. The zero-order valence-corrected chi connectivity index (χ0v) is 12.2. The minimum absolute atomic E-state index is 0.252. The number of anilines is 1. The third-order valence-electron chi connectivity index (χ3n) is 2.98. The summed E-state index contributed by atoms with van der Waals surface area (Å²) in [5.41, 5.74) is 2.14. The summed E-state index contributed by atoms with van der Waals surface area (Å²) in [5, 5.41) is 13.0. The van der Waals surface area contributed by atoms with Crippen molar-refractivity contribution in [2.24, 2.45) is 0 Å². The summed E-state index contributed by atoms with van der Waals surface area (Å²) in [6.07, 6.45) is 0. The molecule has 2 N–H and O–H groups in total. The normalized spacial score (nSPS) is 11.9. The first-order valence-corrected chi connectivity index (χ1v) is 6.75. The summed E-state index contributed by atoms with van der Waals surface area (Å²) in [6.45, 7) is 1.90. The van der Waals surface area contributed by atoms with Gasteiger partial charge in [-0.1, -0.05) is 53.5 Å². The van der Waals surface area contributed by atoms with Gasteiger partial charge in [-0.2, -0.15) is 0 Å². The van der Waals surface area contributed by atoms with E-state index in [1.54, 1.807) is 18.2 Å². The molecule has 2 aromatic rings. The lowest BCUT2D eigenvalue weighted by molar-refractivity contribution is -0.138. The highest BCUT2D eigenvalue weighted by Gasteiger charge is 2.23. The predicted molar refractivity (Wildman–Crippen MR) is 81.6 cm³/mol. The van der Waals surface area contributed by atoms with Gasteiger partial charge in [-0.05, 0) is 24.6 Å². The molecule has 0 fully saturated rings. The fourth-order valence-electron chi connectivity index (χ4n) is 1.91. The summed E-state index contributed by atoms with van der Waals surface area (Å²) in [7, 11) is 0. The minimum atomic E-state index is -1.02. The van der Waals surface area contributed by atoms with Crippen molar-refractivity contribution in [1.29, 1.82) is 0 Å². The largest absolute Gasteiger partial charge is 0.479 e. The molecule has 2 rings (SSSR count). The van der Waals surface area contributed by atoms with Gasteiger partial charge in [0, 0.05) is 11.3 Å². The number of aliphatic carboxylic acids is 1. The molecule has 20 heavy (non-hydrogen) atoms. The number of carbonyl (C=O) groups is 1. The average molecular weight is 310 g/mol. The molecule has 0 aliphatic carbocycles. The topological polar surface area (TPSA) is 49.3 Å². The highest BCUT2D eigenvalue weighted by atomic mass is 35.5. The molecular weight excluding hydrogens is 297 g/mol. The second-order valence-electron chi connectivity index (χ2n) is 4.37. The van der Waals surface area contributed by atoms with Crippen molar-refractivity contribution in [3.8, 4) is 0 Å². The van der Waals surface area contributed by atoms with Crippen molar-refractivity contribution in [3.63, 3.8) is 0 Å². The lowest BCUT2D eigenvalue weighted by atomic mass is 10.1. The van der Waals surface area contributed by atoms with Crippen LogP contribution in [0.25, 0.3) is 0 Å². The van der Waals surface area contributed by atoms with Gasteiger partial charge in [0.05, 0.1) is 10.0 Å². The summed E-state index contributed by atoms with van der Waals surface area (Å²) in [5.74, 6) is -1.02. The molecule has 2 aromatic carbocycles. The Hall–Kier alpha value is -1.71. The zero-order chi connectivity index (χ0) is 14.7. The van der Waals surface area contributed by atoms with Crippen LogP contribution in [0.1, 0.15) is 17.2 Å². The summed E-state index contributed by atoms with van der Waals surface area (Å²) < 4.78 is 0. The maximum absolute atomic E-state index is 11.5. The molecule has 0 amide bonds. The Morgan fingerprint density at radius 3 is 2.50 bits per heavy atom. The number of para-hydroxylation sites is 1. The molecule has 0 aliphatic rings. The third-order valence-corrected chi connectivity index (χ3v) is 3.82. The summed E-state index contributed by atoms with van der Waals surface area (Å²) in [6, 6.07) is 11.5. The smallest absolute Gasteiger partial charge is 0.330 e. The first-order valence-electron chi connectivity index (χ1n) is 5.99. The number of rotatable bonds is 4. The highest BCUT2D eigenvalue weighted by molar-refractivity contribution is 6.42. The van der Waals surface area contributed by atoms with Crippen molar-refractivity contribution in [1.82, 2.24) is 0 Å². The number of aryl methyl sites for hydroxylation is 1. The van der Waals surface area contributed by atoms with Crippen LogP contribution in [-0.2, 0) is 4.79 Å². The van der Waals surface area contributed by atoms with Crippen LogP contribution in [0.4, 0.5) is 5.69 Å². The molecule has 1 unspecified atom stereocenters. The van der Waals surface area contributed by atoms with Crippen LogP contribution in [0.3, 0.4) is 0 Å². The molecular formula is C15H13Cl2NO2. The van der Waals surface area contributed by atoms with Crippen LogP contribution < -0.4 is 5.32 Å². The highest BCUT2D eigenvalue weighted by Crippen LogP contribution is 2.32. The van der Waals surface area contributed by atoms with Gasteiger partial charge in [-0.15, -0.1) is 0 Å². The molecule has 0 heterocycles. The van der Waals surface area contributed by atoms with Crippen LogP contribution in [0.5, 0.6) is 0 Å². The Kier molecular flexibility index (Phi) is 4.53. The zero-order valence-electron chi connectivity index (χ0n) is 10.7. The van der Waals surface area contributed by atoms with Crippen molar-refractivity contribution in [2.75, 3.05) is 5.32 Å². The first-order chi connectivity index (χ1) is 9.50. The Balaban J connectivity index is 2.40. The van der Waals surface area contributed by atoms with Gasteiger partial charge in [-0.3, -0.25) is 0 Å². The van der Waals surface area contributed by atoms with Crippen molar-refractivity contribution >= 4 is 34.9 Å². The Morgan fingerprint density at radius 2 is 1.85 bits per heavy atom. The molecule has 3 nitrogen and oxygen atoms in total. The Bertz CT molecular complexity index is 644. The number of nitrogens with one attached hydrogen (secondary N) is 1. The molecule has 0 saturated heterocycles. The van der Waals surface area contributed by atoms with E-state index < -0.39 is 12.0 Å². The molecule has 104 valence electrons. The van der Waals surface area contributed by atoms with Crippen LogP contribution in [-0.4, -0.2) is 11.1 Å². The van der Waals surface area contributed by atoms with Crippen LogP contribution in [0.2, 0.25) is 10.0 Å². The van der Waals surface area contributed by atoms with Gasteiger partial charge < -0.3 is 10.4 Å². The fourth-order valence-corrected chi connectivity index (χ4v) is 2.32. The van der Waals surface area contributed by atoms with Gasteiger partial charge in [0.25, 0.3) is 0 Å². The van der Waals surface area contributed by atoms with Crippen LogP contribution in [0.15, 0.2) is 42.5 Å². The Labute approximate surface area is 127 Å². The Morgan fingerprint density at radius 1 is 1.15 bits per heavy atom. The monoisotopic (exact) mass is 309 g/mol. The van der Waals surface area contributed by atoms with E-state index in [1.807, 2.05) is 31.2 Å². The SMILES string of the molecule is Cc1ccccc1NC(C(=O)O)c1cccc(Cl)c1Cl. The second kappa shape index (κ2) is 6.16. The average Bonchev–Trinajstić information content (AvgIpc) is 2.41. The number of carboxylic acid groups (broad SMARTS) is 1. The van der Waals surface area contributed by atoms with Crippen molar-refractivity contribution in [3.05, 3.63) is 63.6 Å². The van der Waals surface area contributed by atoms with Gasteiger partial charge in [-0.25, -0.2) is 4.79 Å². The molecule has 0 saturated carbocycles. The maximum Gasteiger partial charge on any atom is 0.330 e. The standard InChI is InChI=1S/C15H13Cl2NO2/c1-9-5-2-3-8-12(9)18-14(15(19)20)10-6-4-7-11(16)13(10)17/h2-8,14,18H,1H3,(H,19,20). The van der Waals surface area contributed by atoms with Crippen molar-refractivity contribution < 1.29 is 9.90 Å². The van der Waals surface area contributed by atoms with E-state index in [-0.39, 0.29) is 5.02 Å². The number of halogens is 2. The number of hydrogen-bond acceptors (Lipinski definition) is 2. The first kappa shape index (κ1) is 14.7. The van der Waals surface area contributed by atoms with E-state index in [2.05, 4.69) is 5.32 Å². The minimum Gasteiger partial charge on any atom is -0.479 e. The van der Waals surface area contributed by atoms with E-state index >= 15 is 0 Å². The van der Waals surface area contributed by atoms with E-state index in [4.69, 9.17) is 23.2 Å². The second-order valence-corrected chi connectivity index (χ2v) is 5.16. The molecule has 0 spiro atoms. The van der Waals surface area contributed by atoms with Gasteiger partial charge in [0.2, 0.25) is 0 Å². The number of carboxylic acids is 1. The quantitative estimate of drug-likeness (QED) is 0.871. The van der Waals surface area contributed by atoms with E-state index in [0.29, 0.717) is 10.6 Å².